The molecule has 2 heterocycles. The summed E-state index contributed by atoms with van der Waals surface area (Å²) in [5.74, 6) is 0.200. The van der Waals surface area contributed by atoms with E-state index in [9.17, 15) is 8.78 Å². The first kappa shape index (κ1) is 25.1. The van der Waals surface area contributed by atoms with E-state index in [2.05, 4.69) is 34.4 Å². The molecule has 1 aromatic rings. The molecule has 2 N–H and O–H groups in total. The number of nitrogens with one attached hydrogen (secondary N) is 2. The van der Waals surface area contributed by atoms with Crippen LogP contribution in [0.1, 0.15) is 20.3 Å². The number of halogens is 3. The maximum Gasteiger partial charge on any atom is 0.191 e. The monoisotopic (exact) mass is 537 g/mol. The Labute approximate surface area is 195 Å². The normalized spacial score (nSPS) is 21.5. The van der Waals surface area contributed by atoms with Gasteiger partial charge in [0.15, 0.2) is 5.96 Å². The maximum atomic E-state index is 14.1. The highest BCUT2D eigenvalue weighted by molar-refractivity contribution is 14.0. The van der Waals surface area contributed by atoms with E-state index < -0.39 is 11.6 Å². The second-order valence-electron chi connectivity index (χ2n) is 8.06. The molecule has 0 aliphatic carbocycles. The standard InChI is InChI=1S/C21H33F2N5O.HI/c1-15(2)19(27-9-11-29-12-10-27)13-25-21(24-3)26-16-7-8-28(14-16)20-17(22)5-4-6-18(20)23;/h4-6,15-16,19H,7-14H2,1-3H3,(H2,24,25,26);1H. The van der Waals surface area contributed by atoms with Gasteiger partial charge in [0.2, 0.25) is 0 Å². The molecule has 2 atom stereocenters. The van der Waals surface area contributed by atoms with Gasteiger partial charge in [0.25, 0.3) is 0 Å². The van der Waals surface area contributed by atoms with Crippen LogP contribution in [-0.4, -0.2) is 75.9 Å². The maximum absolute atomic E-state index is 14.1. The van der Waals surface area contributed by atoms with Crippen LogP contribution in [0, 0.1) is 17.6 Å². The number of ether oxygens (including phenoxy) is 1. The molecular formula is C21H34F2IN5O. The van der Waals surface area contributed by atoms with Crippen LogP contribution < -0.4 is 15.5 Å². The molecule has 0 bridgehead atoms. The van der Waals surface area contributed by atoms with Crippen molar-refractivity contribution in [1.29, 1.82) is 0 Å². The van der Waals surface area contributed by atoms with E-state index >= 15 is 0 Å². The number of hydrogen-bond donors (Lipinski definition) is 2. The first-order valence-corrected chi connectivity index (χ1v) is 10.5. The number of para-hydroxylation sites is 1. The zero-order valence-electron chi connectivity index (χ0n) is 18.0. The quantitative estimate of drug-likeness (QED) is 0.332. The summed E-state index contributed by atoms with van der Waals surface area (Å²) in [5, 5.41) is 6.85. The van der Waals surface area contributed by atoms with Gasteiger partial charge in [-0.3, -0.25) is 9.89 Å². The summed E-state index contributed by atoms with van der Waals surface area (Å²) in [4.78, 5) is 8.57. The lowest BCUT2D eigenvalue weighted by Gasteiger charge is -2.37. The molecule has 2 saturated heterocycles. The third-order valence-electron chi connectivity index (χ3n) is 5.77. The first-order chi connectivity index (χ1) is 14.0. The molecule has 2 aliphatic heterocycles. The molecule has 2 fully saturated rings. The molecule has 9 heteroatoms. The summed E-state index contributed by atoms with van der Waals surface area (Å²) in [6.07, 6.45) is 0.797. The summed E-state index contributed by atoms with van der Waals surface area (Å²) < 4.78 is 33.6. The second kappa shape index (κ2) is 12.0. The Kier molecular flexibility index (Phi) is 10.0. The number of aliphatic imine (C=N–C) groups is 1. The number of guanidine groups is 1. The van der Waals surface area contributed by atoms with Gasteiger partial charge >= 0.3 is 0 Å². The highest BCUT2D eigenvalue weighted by Gasteiger charge is 2.28. The molecule has 3 rings (SSSR count). The minimum Gasteiger partial charge on any atom is -0.379 e. The Morgan fingerprint density at radius 1 is 1.20 bits per heavy atom. The van der Waals surface area contributed by atoms with Crippen molar-refractivity contribution in [2.24, 2.45) is 10.9 Å². The number of morpholine rings is 1. The van der Waals surface area contributed by atoms with Crippen molar-refractivity contribution >= 4 is 35.6 Å². The fourth-order valence-corrected chi connectivity index (χ4v) is 4.16. The summed E-state index contributed by atoms with van der Waals surface area (Å²) in [5.41, 5.74) is 0.0620. The van der Waals surface area contributed by atoms with Crippen LogP contribution in [0.25, 0.3) is 0 Å². The summed E-state index contributed by atoms with van der Waals surface area (Å²) >= 11 is 0. The van der Waals surface area contributed by atoms with Crippen LogP contribution in [0.2, 0.25) is 0 Å². The topological polar surface area (TPSA) is 52.1 Å². The average Bonchev–Trinajstić information content (AvgIpc) is 3.15. The van der Waals surface area contributed by atoms with Gasteiger partial charge in [-0.2, -0.15) is 0 Å². The lowest BCUT2D eigenvalue weighted by molar-refractivity contribution is 0.00751. The molecular weight excluding hydrogens is 503 g/mol. The number of hydrogen-bond acceptors (Lipinski definition) is 4. The van der Waals surface area contributed by atoms with Crippen molar-refractivity contribution in [3.8, 4) is 0 Å². The fraction of sp³-hybridized carbons (Fsp3) is 0.667. The molecule has 6 nitrogen and oxygen atoms in total. The number of nitrogens with zero attached hydrogens (tertiary/aromatic N) is 3. The third kappa shape index (κ3) is 6.40. The molecule has 2 unspecified atom stereocenters. The fourth-order valence-electron chi connectivity index (χ4n) is 4.16. The van der Waals surface area contributed by atoms with Gasteiger partial charge in [0, 0.05) is 51.9 Å². The van der Waals surface area contributed by atoms with Crippen LogP contribution in [0.5, 0.6) is 0 Å². The minimum absolute atomic E-state index is 0. The van der Waals surface area contributed by atoms with Crippen molar-refractivity contribution in [2.45, 2.75) is 32.4 Å². The van der Waals surface area contributed by atoms with Gasteiger partial charge in [-0.05, 0) is 24.5 Å². The average molecular weight is 537 g/mol. The summed E-state index contributed by atoms with van der Waals surface area (Å²) in [6.45, 7) is 9.85. The second-order valence-corrected chi connectivity index (χ2v) is 8.06. The van der Waals surface area contributed by atoms with Crippen LogP contribution in [0.15, 0.2) is 23.2 Å². The van der Waals surface area contributed by atoms with Gasteiger partial charge in [0.05, 0.1) is 13.2 Å². The Morgan fingerprint density at radius 3 is 2.47 bits per heavy atom. The van der Waals surface area contributed by atoms with Gasteiger partial charge in [0.1, 0.15) is 17.3 Å². The van der Waals surface area contributed by atoms with Crippen molar-refractivity contribution in [1.82, 2.24) is 15.5 Å². The van der Waals surface area contributed by atoms with E-state index in [4.69, 9.17) is 4.74 Å². The largest absolute Gasteiger partial charge is 0.379 e. The zero-order chi connectivity index (χ0) is 20.8. The van der Waals surface area contributed by atoms with Crippen LogP contribution >= 0.6 is 24.0 Å². The number of benzene rings is 1. The van der Waals surface area contributed by atoms with Crippen LogP contribution in [0.4, 0.5) is 14.5 Å². The van der Waals surface area contributed by atoms with Crippen molar-refractivity contribution in [2.75, 3.05) is 57.9 Å². The lowest BCUT2D eigenvalue weighted by atomic mass is 10.0. The Hall–Kier alpha value is -1.20. The summed E-state index contributed by atoms with van der Waals surface area (Å²) in [7, 11) is 1.75. The molecule has 1 aromatic carbocycles. The van der Waals surface area contributed by atoms with Gasteiger partial charge in [-0.1, -0.05) is 19.9 Å². The van der Waals surface area contributed by atoms with E-state index in [0.29, 0.717) is 25.0 Å². The van der Waals surface area contributed by atoms with Gasteiger partial charge < -0.3 is 20.3 Å². The van der Waals surface area contributed by atoms with Gasteiger partial charge in [-0.15, -0.1) is 24.0 Å². The molecule has 2 aliphatic rings. The third-order valence-corrected chi connectivity index (χ3v) is 5.77. The summed E-state index contributed by atoms with van der Waals surface area (Å²) in [6, 6.07) is 4.48. The van der Waals surface area contributed by atoms with E-state index in [1.807, 2.05) is 0 Å². The SMILES string of the molecule is CN=C(NCC(C(C)C)N1CCOCC1)NC1CCN(c2c(F)cccc2F)C1.I. The van der Waals surface area contributed by atoms with Crippen LogP contribution in [-0.2, 0) is 4.74 Å². The molecule has 0 saturated carbocycles. The van der Waals surface area contributed by atoms with E-state index in [-0.39, 0.29) is 35.7 Å². The first-order valence-electron chi connectivity index (χ1n) is 10.5. The van der Waals surface area contributed by atoms with Crippen molar-refractivity contribution < 1.29 is 13.5 Å². The highest BCUT2D eigenvalue weighted by Crippen LogP contribution is 2.26. The van der Waals surface area contributed by atoms with Crippen LogP contribution in [0.3, 0.4) is 0 Å². The van der Waals surface area contributed by atoms with Gasteiger partial charge in [-0.25, -0.2) is 8.78 Å². The van der Waals surface area contributed by atoms with Crippen molar-refractivity contribution in [3.63, 3.8) is 0 Å². The molecule has 0 radical (unpaired) electrons. The minimum atomic E-state index is -0.515. The zero-order valence-corrected chi connectivity index (χ0v) is 20.4. The van der Waals surface area contributed by atoms with E-state index in [0.717, 1.165) is 45.2 Å². The predicted octanol–water partition coefficient (Wildman–Crippen LogP) is 2.68. The Morgan fingerprint density at radius 2 is 1.87 bits per heavy atom. The smallest absolute Gasteiger partial charge is 0.191 e. The molecule has 0 amide bonds. The molecule has 30 heavy (non-hydrogen) atoms. The number of anilines is 1. The molecule has 0 spiro atoms. The van der Waals surface area contributed by atoms with Crippen molar-refractivity contribution in [3.05, 3.63) is 29.8 Å². The lowest BCUT2D eigenvalue weighted by Crippen LogP contribution is -2.53. The Balaban J connectivity index is 0.00000320. The van der Waals surface area contributed by atoms with E-state index in [1.54, 1.807) is 11.9 Å². The predicted molar refractivity (Wildman–Crippen MR) is 128 cm³/mol. The number of rotatable bonds is 6. The van der Waals surface area contributed by atoms with E-state index in [1.165, 1.54) is 18.2 Å². The highest BCUT2D eigenvalue weighted by atomic mass is 127. The Bertz CT molecular complexity index is 680. The molecule has 0 aromatic heterocycles. The molecule has 170 valence electrons.